The van der Waals surface area contributed by atoms with Crippen LogP contribution in [0.3, 0.4) is 0 Å². The second-order valence-electron chi connectivity index (χ2n) is 4.87. The van der Waals surface area contributed by atoms with Gasteiger partial charge in [0.25, 0.3) is 0 Å². The average molecular weight is 242 g/mol. The monoisotopic (exact) mass is 242 g/mol. The van der Waals surface area contributed by atoms with E-state index in [0.717, 1.165) is 0 Å². The fourth-order valence-electron chi connectivity index (χ4n) is 1.98. The van der Waals surface area contributed by atoms with Gasteiger partial charge in [-0.05, 0) is 19.8 Å². The molecule has 1 heterocycles. The minimum absolute atomic E-state index is 0.0452. The van der Waals surface area contributed by atoms with E-state index in [4.69, 9.17) is 9.84 Å². The van der Waals surface area contributed by atoms with Gasteiger partial charge in [0.15, 0.2) is 0 Å². The van der Waals surface area contributed by atoms with Crippen LogP contribution in [0.15, 0.2) is 0 Å². The lowest BCUT2D eigenvalue weighted by Gasteiger charge is -2.31. The van der Waals surface area contributed by atoms with Crippen LogP contribution in [0.2, 0.25) is 0 Å². The van der Waals surface area contributed by atoms with E-state index in [-0.39, 0.29) is 18.7 Å². The fourth-order valence-corrected chi connectivity index (χ4v) is 1.98. The Morgan fingerprint density at radius 3 is 2.76 bits per heavy atom. The Balaban J connectivity index is 1.79. The van der Waals surface area contributed by atoms with Crippen molar-refractivity contribution in [3.8, 4) is 0 Å². The molecule has 0 spiro atoms. The number of hydrogen-bond donors (Lipinski definition) is 2. The van der Waals surface area contributed by atoms with Crippen molar-refractivity contribution in [1.82, 2.24) is 10.2 Å². The van der Waals surface area contributed by atoms with Crippen LogP contribution >= 0.6 is 0 Å². The van der Waals surface area contributed by atoms with Crippen LogP contribution in [0.5, 0.6) is 0 Å². The number of rotatable bonds is 3. The molecule has 17 heavy (non-hydrogen) atoms. The van der Waals surface area contributed by atoms with E-state index in [1.54, 1.807) is 4.90 Å². The maximum atomic E-state index is 11.8. The van der Waals surface area contributed by atoms with Crippen molar-refractivity contribution in [1.29, 1.82) is 0 Å². The smallest absolute Gasteiger partial charge is 0.317 e. The van der Waals surface area contributed by atoms with Crippen molar-refractivity contribution >= 4 is 12.0 Å². The van der Waals surface area contributed by atoms with E-state index < -0.39 is 11.4 Å². The molecule has 1 saturated heterocycles. The first-order chi connectivity index (χ1) is 8.03. The highest BCUT2D eigenvalue weighted by atomic mass is 16.5. The predicted molar refractivity (Wildman–Crippen MR) is 59.7 cm³/mol. The minimum atomic E-state index is -0.812. The van der Waals surface area contributed by atoms with Gasteiger partial charge in [0.05, 0.1) is 18.1 Å². The normalized spacial score (nSPS) is 26.4. The summed E-state index contributed by atoms with van der Waals surface area (Å²) < 4.78 is 5.34. The van der Waals surface area contributed by atoms with E-state index >= 15 is 0 Å². The van der Waals surface area contributed by atoms with Crippen molar-refractivity contribution in [3.63, 3.8) is 0 Å². The van der Waals surface area contributed by atoms with Crippen LogP contribution in [0.4, 0.5) is 4.79 Å². The number of nitrogens with one attached hydrogen (secondary N) is 1. The van der Waals surface area contributed by atoms with E-state index in [9.17, 15) is 9.59 Å². The third-order valence-corrected chi connectivity index (χ3v) is 3.41. The van der Waals surface area contributed by atoms with Gasteiger partial charge in [-0.3, -0.25) is 4.79 Å². The van der Waals surface area contributed by atoms with E-state index in [1.165, 1.54) is 0 Å². The molecule has 0 aromatic rings. The lowest BCUT2D eigenvalue weighted by molar-refractivity contribution is -0.143. The van der Waals surface area contributed by atoms with Crippen LogP contribution in [0.1, 0.15) is 19.8 Å². The largest absolute Gasteiger partial charge is 0.481 e. The van der Waals surface area contributed by atoms with Gasteiger partial charge in [-0.25, -0.2) is 4.79 Å². The topological polar surface area (TPSA) is 78.9 Å². The molecule has 0 radical (unpaired) electrons. The van der Waals surface area contributed by atoms with Gasteiger partial charge in [-0.15, -0.1) is 0 Å². The third-order valence-electron chi connectivity index (χ3n) is 3.41. The molecule has 2 rings (SSSR count). The molecule has 1 unspecified atom stereocenters. The van der Waals surface area contributed by atoms with Gasteiger partial charge in [0.1, 0.15) is 0 Å². The van der Waals surface area contributed by atoms with Crippen molar-refractivity contribution in [3.05, 3.63) is 0 Å². The number of carboxylic acids is 1. The zero-order valence-corrected chi connectivity index (χ0v) is 9.94. The average Bonchev–Trinajstić information content (AvgIpc) is 3.07. The lowest BCUT2D eigenvalue weighted by atomic mass is 10.1. The maximum Gasteiger partial charge on any atom is 0.317 e. The molecule has 0 aromatic carbocycles. The molecule has 2 amide bonds. The highest BCUT2D eigenvalue weighted by Crippen LogP contribution is 2.45. The Morgan fingerprint density at radius 1 is 1.53 bits per heavy atom. The van der Waals surface area contributed by atoms with Crippen LogP contribution in [-0.4, -0.2) is 54.4 Å². The molecule has 6 nitrogen and oxygen atoms in total. The Hall–Kier alpha value is -1.30. The van der Waals surface area contributed by atoms with Crippen molar-refractivity contribution in [2.24, 2.45) is 5.41 Å². The Kier molecular flexibility index (Phi) is 3.24. The summed E-state index contributed by atoms with van der Waals surface area (Å²) in [6, 6.07) is -0.187. The van der Waals surface area contributed by atoms with Crippen LogP contribution in [-0.2, 0) is 9.53 Å². The highest BCUT2D eigenvalue weighted by Gasteiger charge is 2.50. The molecule has 1 atom stereocenters. The standard InChI is InChI=1S/C11H18N2O4/c1-8-6-13(4-5-17-8)10(16)12-7-11(2-3-11)9(14)15/h8H,2-7H2,1H3,(H,12,16)(H,14,15). The van der Waals surface area contributed by atoms with Gasteiger partial charge >= 0.3 is 12.0 Å². The Bertz CT molecular complexity index is 327. The van der Waals surface area contributed by atoms with Gasteiger partial charge in [-0.2, -0.15) is 0 Å². The number of carbonyl (C=O) groups is 2. The highest BCUT2D eigenvalue weighted by molar-refractivity contribution is 5.80. The van der Waals surface area contributed by atoms with Gasteiger partial charge in [0, 0.05) is 19.6 Å². The van der Waals surface area contributed by atoms with Crippen LogP contribution in [0, 0.1) is 5.41 Å². The first-order valence-electron chi connectivity index (χ1n) is 5.91. The number of carbonyl (C=O) groups excluding carboxylic acids is 1. The quantitative estimate of drug-likeness (QED) is 0.745. The lowest BCUT2D eigenvalue weighted by Crippen LogP contribution is -2.50. The zero-order chi connectivity index (χ0) is 12.5. The first kappa shape index (κ1) is 12.2. The van der Waals surface area contributed by atoms with E-state index in [0.29, 0.717) is 32.5 Å². The summed E-state index contributed by atoms with van der Waals surface area (Å²) >= 11 is 0. The van der Waals surface area contributed by atoms with Crippen LogP contribution < -0.4 is 5.32 Å². The fraction of sp³-hybridized carbons (Fsp3) is 0.818. The molecule has 0 bridgehead atoms. The minimum Gasteiger partial charge on any atom is -0.481 e. The number of urea groups is 1. The van der Waals surface area contributed by atoms with Gasteiger partial charge in [0.2, 0.25) is 0 Å². The summed E-state index contributed by atoms with van der Waals surface area (Å²) in [6.45, 7) is 3.81. The first-order valence-corrected chi connectivity index (χ1v) is 5.91. The van der Waals surface area contributed by atoms with E-state index in [1.807, 2.05) is 6.92 Å². The van der Waals surface area contributed by atoms with Gasteiger partial charge < -0.3 is 20.1 Å². The molecule has 1 aliphatic carbocycles. The number of nitrogens with zero attached hydrogens (tertiary/aromatic N) is 1. The maximum absolute atomic E-state index is 11.8. The molecule has 2 fully saturated rings. The van der Waals surface area contributed by atoms with Crippen molar-refractivity contribution in [2.75, 3.05) is 26.2 Å². The van der Waals surface area contributed by atoms with Gasteiger partial charge in [-0.1, -0.05) is 0 Å². The second kappa shape index (κ2) is 4.52. The number of hydrogen-bond acceptors (Lipinski definition) is 3. The van der Waals surface area contributed by atoms with Crippen LogP contribution in [0.25, 0.3) is 0 Å². The molecule has 1 aliphatic heterocycles. The summed E-state index contributed by atoms with van der Waals surface area (Å²) in [4.78, 5) is 24.4. The molecule has 2 N–H and O–H groups in total. The molecule has 1 saturated carbocycles. The number of morpholine rings is 1. The van der Waals surface area contributed by atoms with Crippen molar-refractivity contribution in [2.45, 2.75) is 25.9 Å². The SMILES string of the molecule is CC1CN(C(=O)NCC2(C(=O)O)CC2)CCO1. The molecule has 0 aromatic heterocycles. The third kappa shape index (κ3) is 2.69. The second-order valence-corrected chi connectivity index (χ2v) is 4.87. The Morgan fingerprint density at radius 2 is 2.24 bits per heavy atom. The number of aliphatic carboxylic acids is 1. The van der Waals surface area contributed by atoms with Crippen molar-refractivity contribution < 1.29 is 19.4 Å². The molecule has 2 aliphatic rings. The summed E-state index contributed by atoms with van der Waals surface area (Å²) in [5, 5.41) is 11.7. The number of carboxylic acid groups (broad SMARTS) is 1. The molecular formula is C11H18N2O4. The van der Waals surface area contributed by atoms with E-state index in [2.05, 4.69) is 5.32 Å². The molecule has 6 heteroatoms. The number of amides is 2. The summed E-state index contributed by atoms with van der Waals surface area (Å²) in [5.74, 6) is -0.812. The molecular weight excluding hydrogens is 224 g/mol. The zero-order valence-electron chi connectivity index (χ0n) is 9.94. The Labute approximate surface area is 99.9 Å². The molecule has 96 valence electrons. The number of ether oxygens (including phenoxy) is 1. The summed E-state index contributed by atoms with van der Waals surface area (Å²) in [5.41, 5.74) is -0.701. The summed E-state index contributed by atoms with van der Waals surface area (Å²) in [7, 11) is 0. The predicted octanol–water partition coefficient (Wildman–Crippen LogP) is 0.281. The summed E-state index contributed by atoms with van der Waals surface area (Å²) in [6.07, 6.45) is 1.36.